The second kappa shape index (κ2) is 2.87. The number of aryl methyl sites for hydroxylation is 2. The number of aromatic nitrogens is 4. The van der Waals surface area contributed by atoms with Crippen LogP contribution in [0.5, 0.6) is 0 Å². The van der Waals surface area contributed by atoms with E-state index in [9.17, 15) is 4.79 Å². The van der Waals surface area contributed by atoms with Crippen LogP contribution in [-0.2, 0) is 7.05 Å². The van der Waals surface area contributed by atoms with Gasteiger partial charge >= 0.3 is 0 Å². The lowest BCUT2D eigenvalue weighted by atomic mass is 10.1. The summed E-state index contributed by atoms with van der Waals surface area (Å²) < 4.78 is 1.59. The predicted octanol–water partition coefficient (Wildman–Crippen LogP) is 0.874. The van der Waals surface area contributed by atoms with E-state index in [0.717, 1.165) is 5.69 Å². The Kier molecular flexibility index (Phi) is 1.80. The number of hydrogen-bond donors (Lipinski definition) is 0. The molecule has 0 amide bonds. The molecule has 0 radical (unpaired) electrons. The number of fused-ring (bicyclic) bond motifs is 1. The highest BCUT2D eigenvalue weighted by molar-refractivity contribution is 5.97. The number of rotatable bonds is 1. The van der Waals surface area contributed by atoms with E-state index in [-0.39, 0.29) is 5.78 Å². The third-order valence-corrected chi connectivity index (χ3v) is 2.15. The Labute approximate surface area is 80.7 Å². The minimum Gasteiger partial charge on any atom is -0.294 e. The van der Waals surface area contributed by atoms with Crippen LogP contribution in [0.4, 0.5) is 0 Å². The van der Waals surface area contributed by atoms with Gasteiger partial charge in [-0.05, 0) is 19.9 Å². The van der Waals surface area contributed by atoms with E-state index in [4.69, 9.17) is 0 Å². The molecule has 2 rings (SSSR count). The van der Waals surface area contributed by atoms with Crippen LogP contribution in [0.15, 0.2) is 6.07 Å². The maximum absolute atomic E-state index is 11.2. The van der Waals surface area contributed by atoms with Gasteiger partial charge in [-0.2, -0.15) is 0 Å². The van der Waals surface area contributed by atoms with Gasteiger partial charge in [-0.1, -0.05) is 5.21 Å². The molecule has 2 aromatic rings. The summed E-state index contributed by atoms with van der Waals surface area (Å²) in [5, 5.41) is 7.73. The van der Waals surface area contributed by atoms with E-state index in [0.29, 0.717) is 16.7 Å². The average Bonchev–Trinajstić information content (AvgIpc) is 2.46. The molecule has 2 heterocycles. The monoisotopic (exact) mass is 190 g/mol. The van der Waals surface area contributed by atoms with Crippen molar-refractivity contribution in [3.8, 4) is 0 Å². The number of Topliss-reactive ketones (excluding diaryl/α,β-unsaturated/α-hetero) is 1. The molecule has 0 N–H and O–H groups in total. The van der Waals surface area contributed by atoms with E-state index >= 15 is 0 Å². The van der Waals surface area contributed by atoms with Crippen molar-refractivity contribution in [3.05, 3.63) is 17.3 Å². The van der Waals surface area contributed by atoms with Crippen LogP contribution in [0.3, 0.4) is 0 Å². The fourth-order valence-corrected chi connectivity index (χ4v) is 1.41. The van der Waals surface area contributed by atoms with Crippen LogP contribution < -0.4 is 0 Å². The maximum Gasteiger partial charge on any atom is 0.178 e. The third-order valence-electron chi connectivity index (χ3n) is 2.15. The summed E-state index contributed by atoms with van der Waals surface area (Å²) in [6.07, 6.45) is 0. The number of carbonyl (C=O) groups is 1. The first-order valence-electron chi connectivity index (χ1n) is 4.27. The molecule has 0 aliphatic heterocycles. The van der Waals surface area contributed by atoms with Crippen molar-refractivity contribution >= 4 is 16.9 Å². The van der Waals surface area contributed by atoms with Crippen molar-refractivity contribution in [2.24, 2.45) is 7.05 Å². The van der Waals surface area contributed by atoms with Gasteiger partial charge in [-0.3, -0.25) is 4.79 Å². The molecule has 0 saturated heterocycles. The van der Waals surface area contributed by atoms with Crippen LogP contribution in [0.1, 0.15) is 23.0 Å². The molecule has 0 spiro atoms. The van der Waals surface area contributed by atoms with Crippen molar-refractivity contribution in [2.75, 3.05) is 0 Å². The van der Waals surface area contributed by atoms with E-state index in [1.807, 2.05) is 6.92 Å². The molecule has 0 bridgehead atoms. The normalized spacial score (nSPS) is 10.8. The minimum absolute atomic E-state index is 0.00236. The summed E-state index contributed by atoms with van der Waals surface area (Å²) in [5.74, 6) is 0.00236. The average molecular weight is 190 g/mol. The van der Waals surface area contributed by atoms with Gasteiger partial charge in [-0.15, -0.1) is 5.10 Å². The van der Waals surface area contributed by atoms with Crippen molar-refractivity contribution in [2.45, 2.75) is 13.8 Å². The molecule has 0 saturated carbocycles. The summed E-state index contributed by atoms with van der Waals surface area (Å²) >= 11 is 0. The summed E-state index contributed by atoms with van der Waals surface area (Å²) in [7, 11) is 1.77. The Morgan fingerprint density at radius 3 is 2.86 bits per heavy atom. The molecular weight excluding hydrogens is 180 g/mol. The number of hydrogen-bond acceptors (Lipinski definition) is 4. The molecule has 5 nitrogen and oxygen atoms in total. The Morgan fingerprint density at radius 2 is 2.21 bits per heavy atom. The van der Waals surface area contributed by atoms with Crippen molar-refractivity contribution in [3.63, 3.8) is 0 Å². The Balaban J connectivity index is 2.79. The van der Waals surface area contributed by atoms with Gasteiger partial charge in [0.15, 0.2) is 11.4 Å². The molecule has 5 heteroatoms. The van der Waals surface area contributed by atoms with Gasteiger partial charge in [0.25, 0.3) is 0 Å². The standard InChI is InChI=1S/C9H10N4O/c1-5-7(6(2)14)4-8-9(10-5)13(3)12-11-8/h4H,1-3H3. The third kappa shape index (κ3) is 1.17. The second-order valence-corrected chi connectivity index (χ2v) is 3.23. The number of ketones is 1. The van der Waals surface area contributed by atoms with Gasteiger partial charge in [0.1, 0.15) is 5.52 Å². The molecule has 0 atom stereocenters. The fourth-order valence-electron chi connectivity index (χ4n) is 1.41. The Morgan fingerprint density at radius 1 is 1.50 bits per heavy atom. The molecule has 2 aromatic heterocycles. The topological polar surface area (TPSA) is 60.7 Å². The maximum atomic E-state index is 11.2. The van der Waals surface area contributed by atoms with Crippen molar-refractivity contribution in [1.82, 2.24) is 20.0 Å². The first kappa shape index (κ1) is 8.80. The van der Waals surface area contributed by atoms with E-state index < -0.39 is 0 Å². The molecule has 14 heavy (non-hydrogen) atoms. The largest absolute Gasteiger partial charge is 0.294 e. The lowest BCUT2D eigenvalue weighted by Crippen LogP contribution is -2.00. The smallest absolute Gasteiger partial charge is 0.178 e. The van der Waals surface area contributed by atoms with Crippen LogP contribution in [0, 0.1) is 6.92 Å². The highest BCUT2D eigenvalue weighted by Gasteiger charge is 2.10. The molecule has 0 aromatic carbocycles. The molecule has 0 fully saturated rings. The summed E-state index contributed by atoms with van der Waals surface area (Å²) in [5.41, 5.74) is 2.68. The van der Waals surface area contributed by atoms with E-state index in [1.54, 1.807) is 17.8 Å². The molecule has 72 valence electrons. The zero-order valence-electron chi connectivity index (χ0n) is 8.27. The Bertz CT molecular complexity index is 515. The van der Waals surface area contributed by atoms with E-state index in [2.05, 4.69) is 15.3 Å². The number of pyridine rings is 1. The molecule has 0 aliphatic carbocycles. The van der Waals surface area contributed by atoms with Crippen LogP contribution >= 0.6 is 0 Å². The van der Waals surface area contributed by atoms with Crippen molar-refractivity contribution < 1.29 is 4.79 Å². The summed E-state index contributed by atoms with van der Waals surface area (Å²) in [4.78, 5) is 15.5. The van der Waals surface area contributed by atoms with Gasteiger partial charge < -0.3 is 0 Å². The zero-order chi connectivity index (χ0) is 10.3. The summed E-state index contributed by atoms with van der Waals surface area (Å²) in [6, 6.07) is 1.73. The first-order valence-corrected chi connectivity index (χ1v) is 4.27. The quantitative estimate of drug-likeness (QED) is 0.626. The predicted molar refractivity (Wildman–Crippen MR) is 51.0 cm³/mol. The zero-order valence-corrected chi connectivity index (χ0v) is 8.27. The molecular formula is C9H10N4O. The second-order valence-electron chi connectivity index (χ2n) is 3.23. The van der Waals surface area contributed by atoms with Crippen LogP contribution in [0.2, 0.25) is 0 Å². The lowest BCUT2D eigenvalue weighted by Gasteiger charge is -2.00. The first-order chi connectivity index (χ1) is 6.59. The lowest BCUT2D eigenvalue weighted by molar-refractivity contribution is 0.101. The highest BCUT2D eigenvalue weighted by atomic mass is 16.1. The van der Waals surface area contributed by atoms with Gasteiger partial charge in [0.05, 0.1) is 5.69 Å². The molecule has 0 aliphatic rings. The van der Waals surface area contributed by atoms with Crippen LogP contribution in [0.25, 0.3) is 11.2 Å². The highest BCUT2D eigenvalue weighted by Crippen LogP contribution is 2.13. The number of nitrogens with zero attached hydrogens (tertiary/aromatic N) is 4. The van der Waals surface area contributed by atoms with Gasteiger partial charge in [0.2, 0.25) is 0 Å². The van der Waals surface area contributed by atoms with Crippen molar-refractivity contribution in [1.29, 1.82) is 0 Å². The van der Waals surface area contributed by atoms with Gasteiger partial charge in [-0.25, -0.2) is 9.67 Å². The SMILES string of the molecule is CC(=O)c1cc2nnn(C)c2nc1C. The van der Waals surface area contributed by atoms with Crippen LogP contribution in [-0.4, -0.2) is 25.8 Å². The number of carbonyl (C=O) groups excluding carboxylic acids is 1. The minimum atomic E-state index is 0.00236. The van der Waals surface area contributed by atoms with E-state index in [1.165, 1.54) is 6.92 Å². The Hall–Kier alpha value is -1.78. The van der Waals surface area contributed by atoms with Gasteiger partial charge in [0, 0.05) is 12.6 Å². The molecule has 0 unspecified atom stereocenters. The summed E-state index contributed by atoms with van der Waals surface area (Å²) in [6.45, 7) is 3.33. The fraction of sp³-hybridized carbons (Fsp3) is 0.333.